The Labute approximate surface area is 164 Å². The van der Waals surface area contributed by atoms with Crippen LogP contribution >= 0.6 is 23.2 Å². The number of aromatic nitrogens is 2. The minimum absolute atomic E-state index is 0.103. The zero-order valence-corrected chi connectivity index (χ0v) is 16.4. The molecular weight excluding hydrogens is 371 g/mol. The molecule has 26 heavy (non-hydrogen) atoms. The van der Waals surface area contributed by atoms with E-state index in [4.69, 9.17) is 28.9 Å². The summed E-state index contributed by atoms with van der Waals surface area (Å²) >= 11 is 12.0. The van der Waals surface area contributed by atoms with Crippen molar-refractivity contribution >= 4 is 46.3 Å². The summed E-state index contributed by atoms with van der Waals surface area (Å²) in [7, 11) is 0. The molecule has 3 N–H and O–H groups in total. The number of hydrogen-bond donors (Lipinski definition) is 2. The summed E-state index contributed by atoms with van der Waals surface area (Å²) in [6, 6.07) is 7.02. The van der Waals surface area contributed by atoms with Crippen LogP contribution in [-0.2, 0) is 0 Å². The molecule has 1 aromatic heterocycles. The van der Waals surface area contributed by atoms with Crippen molar-refractivity contribution in [2.24, 2.45) is 10.2 Å². The second-order valence-electron chi connectivity index (χ2n) is 5.94. The van der Waals surface area contributed by atoms with E-state index in [-0.39, 0.29) is 11.1 Å². The van der Waals surface area contributed by atoms with Gasteiger partial charge in [-0.25, -0.2) is 0 Å². The summed E-state index contributed by atoms with van der Waals surface area (Å²) in [6.07, 6.45) is 7.27. The van der Waals surface area contributed by atoms with Gasteiger partial charge in [0.05, 0.1) is 5.69 Å². The van der Waals surface area contributed by atoms with Crippen molar-refractivity contribution in [2.75, 3.05) is 17.6 Å². The standard InChI is InChI=1S/C18H24Cl2N6/c1-2-3-4-5-6-7-12-22-17-15(16(20)23-18(21)24-17)26-25-14-10-8-13(19)9-11-14/h8-11H,2-7,12H2,1H3,(H3,21,22,23,24). The molecule has 8 heteroatoms. The lowest BCUT2D eigenvalue weighted by Crippen LogP contribution is -2.06. The second kappa shape index (κ2) is 10.9. The largest absolute Gasteiger partial charge is 0.368 e. The number of halogens is 2. The molecule has 0 saturated heterocycles. The van der Waals surface area contributed by atoms with Crippen molar-refractivity contribution in [1.82, 2.24) is 9.97 Å². The van der Waals surface area contributed by atoms with Gasteiger partial charge in [-0.15, -0.1) is 5.11 Å². The molecule has 0 aliphatic carbocycles. The van der Waals surface area contributed by atoms with E-state index in [1.807, 2.05) is 0 Å². The third-order valence-electron chi connectivity index (χ3n) is 3.77. The molecule has 1 aromatic carbocycles. The minimum atomic E-state index is 0.103. The van der Waals surface area contributed by atoms with Crippen LogP contribution in [0, 0.1) is 0 Å². The van der Waals surface area contributed by atoms with E-state index in [9.17, 15) is 0 Å². The van der Waals surface area contributed by atoms with Gasteiger partial charge >= 0.3 is 0 Å². The third-order valence-corrected chi connectivity index (χ3v) is 4.29. The Hall–Kier alpha value is -1.92. The lowest BCUT2D eigenvalue weighted by atomic mass is 10.1. The molecule has 2 rings (SSSR count). The molecule has 0 atom stereocenters. The number of benzene rings is 1. The molecule has 2 aromatic rings. The fourth-order valence-electron chi connectivity index (χ4n) is 2.38. The Kier molecular flexibility index (Phi) is 8.58. The number of nitrogen functional groups attached to an aromatic ring is 1. The molecule has 0 aliphatic heterocycles. The van der Waals surface area contributed by atoms with Gasteiger partial charge in [0.1, 0.15) is 0 Å². The summed E-state index contributed by atoms with van der Waals surface area (Å²) in [5.41, 5.74) is 6.74. The van der Waals surface area contributed by atoms with Gasteiger partial charge in [-0.3, -0.25) is 0 Å². The van der Waals surface area contributed by atoms with Crippen LogP contribution in [0.25, 0.3) is 0 Å². The van der Waals surface area contributed by atoms with E-state index in [1.54, 1.807) is 24.3 Å². The van der Waals surface area contributed by atoms with Crippen molar-refractivity contribution in [1.29, 1.82) is 0 Å². The zero-order valence-electron chi connectivity index (χ0n) is 14.9. The van der Waals surface area contributed by atoms with Gasteiger partial charge in [-0.1, -0.05) is 62.2 Å². The second-order valence-corrected chi connectivity index (χ2v) is 6.74. The first-order valence-electron chi connectivity index (χ1n) is 8.84. The Morgan fingerprint density at radius 3 is 2.38 bits per heavy atom. The van der Waals surface area contributed by atoms with E-state index in [2.05, 4.69) is 32.4 Å². The zero-order chi connectivity index (χ0) is 18.8. The number of unbranched alkanes of at least 4 members (excludes halogenated alkanes) is 5. The highest BCUT2D eigenvalue weighted by molar-refractivity contribution is 6.32. The monoisotopic (exact) mass is 394 g/mol. The van der Waals surface area contributed by atoms with Crippen molar-refractivity contribution in [3.8, 4) is 0 Å². The quantitative estimate of drug-likeness (QED) is 0.271. The van der Waals surface area contributed by atoms with Gasteiger partial charge in [0, 0.05) is 11.6 Å². The number of azo groups is 1. The van der Waals surface area contributed by atoms with Gasteiger partial charge < -0.3 is 11.1 Å². The van der Waals surface area contributed by atoms with Gasteiger partial charge in [-0.2, -0.15) is 15.1 Å². The van der Waals surface area contributed by atoms with Gasteiger partial charge in [0.15, 0.2) is 16.7 Å². The highest BCUT2D eigenvalue weighted by Gasteiger charge is 2.11. The maximum atomic E-state index is 6.18. The summed E-state index contributed by atoms with van der Waals surface area (Å²) in [6.45, 7) is 2.98. The summed E-state index contributed by atoms with van der Waals surface area (Å²) < 4.78 is 0. The smallest absolute Gasteiger partial charge is 0.223 e. The first kappa shape index (κ1) is 20.4. The molecule has 140 valence electrons. The summed E-state index contributed by atoms with van der Waals surface area (Å²) in [5, 5.41) is 12.4. The van der Waals surface area contributed by atoms with Crippen LogP contribution in [0.15, 0.2) is 34.5 Å². The average molecular weight is 395 g/mol. The molecule has 0 bridgehead atoms. The molecule has 0 aliphatic rings. The number of nitrogens with zero attached hydrogens (tertiary/aromatic N) is 4. The topological polar surface area (TPSA) is 88.5 Å². The van der Waals surface area contributed by atoms with Crippen molar-refractivity contribution in [3.63, 3.8) is 0 Å². The lowest BCUT2D eigenvalue weighted by Gasteiger charge is -2.09. The van der Waals surface area contributed by atoms with Crippen LogP contribution in [0.1, 0.15) is 45.4 Å². The summed E-state index contributed by atoms with van der Waals surface area (Å²) in [5.74, 6) is 0.597. The van der Waals surface area contributed by atoms with E-state index in [1.165, 1.54) is 32.1 Å². The van der Waals surface area contributed by atoms with Crippen molar-refractivity contribution in [3.05, 3.63) is 34.4 Å². The molecule has 0 spiro atoms. The molecule has 0 unspecified atom stereocenters. The van der Waals surface area contributed by atoms with Gasteiger partial charge in [-0.05, 0) is 30.7 Å². The van der Waals surface area contributed by atoms with Crippen LogP contribution < -0.4 is 11.1 Å². The fraction of sp³-hybridized carbons (Fsp3) is 0.444. The molecule has 0 amide bonds. The number of hydrogen-bond acceptors (Lipinski definition) is 6. The predicted molar refractivity (Wildman–Crippen MR) is 109 cm³/mol. The molecule has 0 radical (unpaired) electrons. The maximum Gasteiger partial charge on any atom is 0.223 e. The van der Waals surface area contributed by atoms with Crippen LogP contribution in [0.2, 0.25) is 10.2 Å². The van der Waals surface area contributed by atoms with E-state index in [0.29, 0.717) is 22.2 Å². The van der Waals surface area contributed by atoms with Crippen LogP contribution in [0.4, 0.5) is 23.1 Å². The minimum Gasteiger partial charge on any atom is -0.368 e. The number of nitrogens with two attached hydrogens (primary N) is 1. The summed E-state index contributed by atoms with van der Waals surface area (Å²) in [4.78, 5) is 8.16. The van der Waals surface area contributed by atoms with Crippen LogP contribution in [0.5, 0.6) is 0 Å². The SMILES string of the molecule is CCCCCCCCNc1nc(N)nc(Cl)c1N=Nc1ccc(Cl)cc1. The van der Waals surface area contributed by atoms with E-state index >= 15 is 0 Å². The Morgan fingerprint density at radius 1 is 0.962 bits per heavy atom. The van der Waals surface area contributed by atoms with Gasteiger partial charge in [0.25, 0.3) is 0 Å². The lowest BCUT2D eigenvalue weighted by molar-refractivity contribution is 0.617. The van der Waals surface area contributed by atoms with Crippen LogP contribution in [0.3, 0.4) is 0 Å². The van der Waals surface area contributed by atoms with Crippen molar-refractivity contribution in [2.45, 2.75) is 45.4 Å². The van der Waals surface area contributed by atoms with Crippen LogP contribution in [-0.4, -0.2) is 16.5 Å². The number of rotatable bonds is 10. The highest BCUT2D eigenvalue weighted by Crippen LogP contribution is 2.32. The van der Waals surface area contributed by atoms with E-state index in [0.717, 1.165) is 13.0 Å². The van der Waals surface area contributed by atoms with E-state index < -0.39 is 0 Å². The first-order chi connectivity index (χ1) is 12.6. The Balaban J connectivity index is 2.00. The maximum absolute atomic E-state index is 6.18. The fourth-order valence-corrected chi connectivity index (χ4v) is 2.72. The molecule has 0 saturated carbocycles. The normalized spacial score (nSPS) is 11.2. The predicted octanol–water partition coefficient (Wildman–Crippen LogP) is 6.55. The Morgan fingerprint density at radius 2 is 1.65 bits per heavy atom. The third kappa shape index (κ3) is 6.77. The Bertz CT molecular complexity index is 718. The van der Waals surface area contributed by atoms with Gasteiger partial charge in [0.2, 0.25) is 5.95 Å². The first-order valence-corrected chi connectivity index (χ1v) is 9.60. The van der Waals surface area contributed by atoms with Crippen molar-refractivity contribution < 1.29 is 0 Å². The number of anilines is 2. The molecule has 0 fully saturated rings. The molecule has 1 heterocycles. The molecular formula is C18H24Cl2N6. The highest BCUT2D eigenvalue weighted by atomic mass is 35.5. The average Bonchev–Trinajstić information content (AvgIpc) is 2.61. The number of nitrogens with one attached hydrogen (secondary N) is 1. The molecule has 6 nitrogen and oxygen atoms in total.